The third kappa shape index (κ3) is 2.56. The van der Waals surface area contributed by atoms with Crippen molar-refractivity contribution in [2.75, 3.05) is 6.51 Å². The molecule has 0 unspecified atom stereocenters. The highest BCUT2D eigenvalue weighted by Crippen LogP contribution is 1.96. The molecule has 3 heteroatoms. The Labute approximate surface area is 51.1 Å². The minimum Gasteiger partial charge on any atom is -0.506 e. The van der Waals surface area contributed by atoms with Crippen molar-refractivity contribution in [3.63, 3.8) is 0 Å². The first-order valence-electron chi connectivity index (χ1n) is 2.44. The number of hydrogen-bond donors (Lipinski definition) is 1. The second kappa shape index (κ2) is 3.41. The van der Waals surface area contributed by atoms with Gasteiger partial charge >= 0.3 is 0 Å². The highest BCUT2D eigenvalue weighted by Gasteiger charge is 1.87. The van der Waals surface area contributed by atoms with Gasteiger partial charge in [-0.25, -0.2) is 0 Å². The molecule has 0 saturated heterocycles. The summed E-state index contributed by atoms with van der Waals surface area (Å²) in [6.45, 7) is 3.74. The largest absolute Gasteiger partial charge is 0.506 e. The molecular weight excluding hydrogens is 101 g/mol. The van der Waals surface area contributed by atoms with Crippen LogP contribution in [0.1, 0.15) is 13.8 Å². The van der Waals surface area contributed by atoms with Gasteiger partial charge in [-0.05, 0) is 13.8 Å². The van der Waals surface area contributed by atoms with E-state index >= 15 is 0 Å². The van der Waals surface area contributed by atoms with E-state index in [0.717, 1.165) is 0 Å². The zero-order valence-electron chi connectivity index (χ0n) is 5.27. The zero-order valence-corrected chi connectivity index (χ0v) is 5.27. The van der Waals surface area contributed by atoms with Crippen molar-refractivity contribution in [3.05, 3.63) is 11.5 Å². The average Bonchev–Trinajstić information content (AvgIpc) is 1.67. The van der Waals surface area contributed by atoms with E-state index in [4.69, 9.17) is 18.3 Å². The Morgan fingerprint density at radius 1 is 1.62 bits per heavy atom. The van der Waals surface area contributed by atoms with Crippen LogP contribution >= 0.6 is 0 Å². The van der Waals surface area contributed by atoms with Crippen molar-refractivity contribution < 1.29 is 4.74 Å². The lowest BCUT2D eigenvalue weighted by Crippen LogP contribution is -2.00. The second-order valence-electron chi connectivity index (χ2n) is 1.55. The van der Waals surface area contributed by atoms with Crippen LogP contribution < -0.4 is 5.73 Å². The maximum Gasteiger partial charge on any atom is 0.122 e. The van der Waals surface area contributed by atoms with Crippen LogP contribution in [0.4, 0.5) is 0 Å². The summed E-state index contributed by atoms with van der Waals surface area (Å²) in [6.07, 6.45) is 0. The SMILES string of the molecule is [B]CO/C(C)=C(/C)N. The first kappa shape index (κ1) is 7.40. The van der Waals surface area contributed by atoms with Gasteiger partial charge in [-0.3, -0.25) is 0 Å². The van der Waals surface area contributed by atoms with Gasteiger partial charge in [0.05, 0.1) is 0 Å². The van der Waals surface area contributed by atoms with Crippen LogP contribution in [0, 0.1) is 0 Å². The third-order valence-corrected chi connectivity index (χ3v) is 0.855. The molecule has 0 spiro atoms. The maximum absolute atomic E-state index is 5.32. The Morgan fingerprint density at radius 2 is 2.12 bits per heavy atom. The van der Waals surface area contributed by atoms with E-state index in [9.17, 15) is 0 Å². The molecule has 2 N–H and O–H groups in total. The molecule has 0 heterocycles. The van der Waals surface area contributed by atoms with E-state index in [1.807, 2.05) is 0 Å². The molecular formula is C5H10BNO. The molecule has 0 rings (SSSR count). The molecule has 0 aliphatic heterocycles. The Bertz CT molecular complexity index is 96.6. The van der Waals surface area contributed by atoms with Crippen molar-refractivity contribution in [2.24, 2.45) is 5.73 Å². The van der Waals surface area contributed by atoms with Crippen molar-refractivity contribution >= 4 is 7.85 Å². The van der Waals surface area contributed by atoms with Gasteiger partial charge in [0.1, 0.15) is 13.6 Å². The summed E-state index contributed by atoms with van der Waals surface area (Å²) in [5.74, 6) is 0.701. The van der Waals surface area contributed by atoms with E-state index in [0.29, 0.717) is 11.5 Å². The fourth-order valence-corrected chi connectivity index (χ4v) is 0.239. The molecule has 2 nitrogen and oxygen atoms in total. The van der Waals surface area contributed by atoms with Gasteiger partial charge in [0.2, 0.25) is 0 Å². The summed E-state index contributed by atoms with van der Waals surface area (Å²) in [5.41, 5.74) is 6.00. The lowest BCUT2D eigenvalue weighted by Gasteiger charge is -2.02. The number of allylic oxidation sites excluding steroid dienone is 2. The molecule has 0 bridgehead atoms. The zero-order chi connectivity index (χ0) is 6.57. The second-order valence-corrected chi connectivity index (χ2v) is 1.55. The van der Waals surface area contributed by atoms with Gasteiger partial charge in [0, 0.05) is 12.2 Å². The van der Waals surface area contributed by atoms with Crippen LogP contribution in [0.2, 0.25) is 0 Å². The van der Waals surface area contributed by atoms with Gasteiger partial charge in [-0.1, -0.05) is 0 Å². The number of hydrogen-bond acceptors (Lipinski definition) is 2. The molecule has 0 aliphatic rings. The predicted octanol–water partition coefficient (Wildman–Crippen LogP) is 0.339. The Morgan fingerprint density at radius 3 is 2.25 bits per heavy atom. The molecule has 0 fully saturated rings. The monoisotopic (exact) mass is 111 g/mol. The molecule has 0 saturated carbocycles. The summed E-state index contributed by atoms with van der Waals surface area (Å²) >= 11 is 0. The van der Waals surface area contributed by atoms with E-state index < -0.39 is 0 Å². The number of rotatable bonds is 2. The van der Waals surface area contributed by atoms with Crippen LogP contribution in [0.5, 0.6) is 0 Å². The minimum atomic E-state index is 0.195. The maximum atomic E-state index is 5.32. The molecule has 0 aromatic rings. The van der Waals surface area contributed by atoms with Crippen molar-refractivity contribution in [1.29, 1.82) is 0 Å². The average molecular weight is 111 g/mol. The fourth-order valence-electron chi connectivity index (χ4n) is 0.239. The summed E-state index contributed by atoms with van der Waals surface area (Å²) in [4.78, 5) is 0. The quantitative estimate of drug-likeness (QED) is 0.411. The molecule has 2 radical (unpaired) electrons. The molecule has 44 valence electrons. The lowest BCUT2D eigenvalue weighted by molar-refractivity contribution is 0.265. The first-order chi connectivity index (χ1) is 3.68. The number of ether oxygens (including phenoxy) is 1. The smallest absolute Gasteiger partial charge is 0.122 e. The molecule has 0 aromatic carbocycles. The van der Waals surface area contributed by atoms with Gasteiger partial charge in [-0.15, -0.1) is 0 Å². The summed E-state index contributed by atoms with van der Waals surface area (Å²) in [5, 5.41) is 0. The molecule has 0 aliphatic carbocycles. The molecule has 0 amide bonds. The van der Waals surface area contributed by atoms with E-state index in [1.165, 1.54) is 0 Å². The van der Waals surface area contributed by atoms with Gasteiger partial charge in [-0.2, -0.15) is 0 Å². The normalized spacial score (nSPS) is 12.8. The summed E-state index contributed by atoms with van der Waals surface area (Å²) in [7, 11) is 5.06. The Balaban J connectivity index is 3.62. The van der Waals surface area contributed by atoms with Crippen LogP contribution in [0.15, 0.2) is 11.5 Å². The van der Waals surface area contributed by atoms with Gasteiger partial charge in [0.25, 0.3) is 0 Å². The Hall–Kier alpha value is -0.595. The van der Waals surface area contributed by atoms with Crippen LogP contribution in [0.3, 0.4) is 0 Å². The van der Waals surface area contributed by atoms with Crippen molar-refractivity contribution in [3.8, 4) is 0 Å². The van der Waals surface area contributed by atoms with Gasteiger partial charge in [0.15, 0.2) is 0 Å². The third-order valence-electron chi connectivity index (χ3n) is 0.855. The van der Waals surface area contributed by atoms with E-state index in [1.54, 1.807) is 13.8 Å². The van der Waals surface area contributed by atoms with Crippen LogP contribution in [-0.2, 0) is 4.74 Å². The van der Waals surface area contributed by atoms with E-state index in [2.05, 4.69) is 0 Å². The predicted molar refractivity (Wildman–Crippen MR) is 34.3 cm³/mol. The van der Waals surface area contributed by atoms with Crippen molar-refractivity contribution in [2.45, 2.75) is 13.8 Å². The molecule has 8 heavy (non-hydrogen) atoms. The van der Waals surface area contributed by atoms with E-state index in [-0.39, 0.29) is 6.51 Å². The summed E-state index contributed by atoms with van der Waals surface area (Å²) in [6, 6.07) is 0. The van der Waals surface area contributed by atoms with Crippen LogP contribution in [0.25, 0.3) is 0 Å². The van der Waals surface area contributed by atoms with Gasteiger partial charge < -0.3 is 10.5 Å². The molecule has 0 atom stereocenters. The summed E-state index contributed by atoms with van der Waals surface area (Å²) < 4.78 is 4.84. The first-order valence-corrected chi connectivity index (χ1v) is 2.44. The Kier molecular flexibility index (Phi) is 3.16. The molecule has 0 aromatic heterocycles. The standard InChI is InChI=1S/C5H10BNO/c1-4(7)5(2)8-3-6/h3,7H2,1-2H3/b5-4-. The topological polar surface area (TPSA) is 35.2 Å². The fraction of sp³-hybridized carbons (Fsp3) is 0.600. The lowest BCUT2D eigenvalue weighted by atomic mass is 10.2. The minimum absolute atomic E-state index is 0.195. The highest BCUT2D eigenvalue weighted by atomic mass is 16.5. The van der Waals surface area contributed by atoms with Crippen LogP contribution in [-0.4, -0.2) is 14.4 Å². The highest BCUT2D eigenvalue weighted by molar-refractivity contribution is 6.08. The van der Waals surface area contributed by atoms with Crippen molar-refractivity contribution in [1.82, 2.24) is 0 Å². The number of nitrogens with two attached hydrogens (primary N) is 1.